The molecule has 1 aromatic carbocycles. The Hall–Kier alpha value is -2.04. The van der Waals surface area contributed by atoms with Crippen LogP contribution in [0.1, 0.15) is 43.5 Å². The zero-order chi connectivity index (χ0) is 17.1. The molecule has 5 heteroatoms. The van der Waals surface area contributed by atoms with Gasteiger partial charge in [0.05, 0.1) is 6.10 Å². The summed E-state index contributed by atoms with van der Waals surface area (Å²) in [6.45, 7) is 6.47. The van der Waals surface area contributed by atoms with Crippen LogP contribution in [-0.4, -0.2) is 53.9 Å². The molecule has 1 aliphatic carbocycles. The van der Waals surface area contributed by atoms with Crippen molar-refractivity contribution in [1.82, 2.24) is 9.80 Å². The molecule has 0 unspecified atom stereocenters. The number of hydrogen-bond donors (Lipinski definition) is 0. The van der Waals surface area contributed by atoms with Gasteiger partial charge in [0.25, 0.3) is 5.91 Å². The van der Waals surface area contributed by atoms with Crippen LogP contribution in [0.3, 0.4) is 0 Å². The van der Waals surface area contributed by atoms with E-state index >= 15 is 0 Å². The largest absolute Gasteiger partial charge is 0.491 e. The van der Waals surface area contributed by atoms with Gasteiger partial charge in [-0.2, -0.15) is 0 Å². The quantitative estimate of drug-likeness (QED) is 0.852. The summed E-state index contributed by atoms with van der Waals surface area (Å²) in [5, 5.41) is 0. The zero-order valence-corrected chi connectivity index (χ0v) is 14.5. The lowest BCUT2D eigenvalue weighted by atomic mass is 9.84. The Bertz CT molecular complexity index is 585. The van der Waals surface area contributed by atoms with E-state index in [0.717, 1.165) is 18.6 Å². The molecule has 1 heterocycles. The van der Waals surface area contributed by atoms with Crippen molar-refractivity contribution in [3.8, 4) is 5.75 Å². The Balaban J connectivity index is 1.53. The lowest BCUT2D eigenvalue weighted by Crippen LogP contribution is -2.52. The first-order chi connectivity index (χ1) is 11.5. The average Bonchev–Trinajstić information content (AvgIpc) is 2.53. The third-order valence-electron chi connectivity index (χ3n) is 4.81. The molecule has 0 N–H and O–H groups in total. The van der Waals surface area contributed by atoms with Crippen LogP contribution in [0, 0.1) is 5.92 Å². The SMILES string of the molecule is CC(C)Oc1ccc(C(=O)N2CCN(C(=O)C3CCC3)CC2)cc1. The van der Waals surface area contributed by atoms with Gasteiger partial charge in [0.2, 0.25) is 5.91 Å². The van der Waals surface area contributed by atoms with E-state index in [0.29, 0.717) is 31.7 Å². The molecule has 24 heavy (non-hydrogen) atoms. The molecule has 0 bridgehead atoms. The number of ether oxygens (including phenoxy) is 1. The van der Waals surface area contributed by atoms with E-state index in [1.54, 1.807) is 0 Å². The van der Waals surface area contributed by atoms with Crippen molar-refractivity contribution in [3.63, 3.8) is 0 Å². The highest BCUT2D eigenvalue weighted by Crippen LogP contribution is 2.28. The molecule has 1 aliphatic heterocycles. The Morgan fingerprint density at radius 1 is 1.00 bits per heavy atom. The maximum absolute atomic E-state index is 12.6. The fourth-order valence-electron chi connectivity index (χ4n) is 3.17. The number of carbonyl (C=O) groups is 2. The van der Waals surface area contributed by atoms with Crippen LogP contribution in [0.15, 0.2) is 24.3 Å². The number of carbonyl (C=O) groups excluding carboxylic acids is 2. The summed E-state index contributed by atoms with van der Waals surface area (Å²) in [6, 6.07) is 7.30. The Morgan fingerprint density at radius 3 is 2.08 bits per heavy atom. The molecule has 0 radical (unpaired) electrons. The molecule has 2 fully saturated rings. The fourth-order valence-corrected chi connectivity index (χ4v) is 3.17. The molecule has 2 aliphatic rings. The van der Waals surface area contributed by atoms with Crippen LogP contribution in [0.2, 0.25) is 0 Å². The highest BCUT2D eigenvalue weighted by molar-refractivity contribution is 5.94. The first kappa shape index (κ1) is 16.8. The van der Waals surface area contributed by atoms with Crippen molar-refractivity contribution >= 4 is 11.8 Å². The number of nitrogens with zero attached hydrogens (tertiary/aromatic N) is 2. The minimum atomic E-state index is 0.0295. The molecular weight excluding hydrogens is 304 g/mol. The van der Waals surface area contributed by atoms with Crippen LogP contribution in [0.4, 0.5) is 0 Å². The molecule has 1 saturated carbocycles. The second-order valence-electron chi connectivity index (χ2n) is 6.94. The molecular formula is C19H26N2O3. The molecule has 0 aromatic heterocycles. The van der Waals surface area contributed by atoms with E-state index in [1.165, 1.54) is 6.42 Å². The zero-order valence-electron chi connectivity index (χ0n) is 14.5. The van der Waals surface area contributed by atoms with Crippen molar-refractivity contribution in [1.29, 1.82) is 0 Å². The lowest BCUT2D eigenvalue weighted by Gasteiger charge is -2.38. The van der Waals surface area contributed by atoms with Gasteiger partial charge in [-0.25, -0.2) is 0 Å². The van der Waals surface area contributed by atoms with Gasteiger partial charge in [-0.1, -0.05) is 6.42 Å². The van der Waals surface area contributed by atoms with Gasteiger partial charge in [-0.05, 0) is 51.0 Å². The predicted octanol–water partition coefficient (Wildman–Crippen LogP) is 2.56. The molecule has 1 aromatic rings. The van der Waals surface area contributed by atoms with Gasteiger partial charge < -0.3 is 14.5 Å². The van der Waals surface area contributed by atoms with E-state index in [1.807, 2.05) is 47.9 Å². The summed E-state index contributed by atoms with van der Waals surface area (Å²) in [5.41, 5.74) is 0.671. The number of hydrogen-bond acceptors (Lipinski definition) is 3. The summed E-state index contributed by atoms with van der Waals surface area (Å²) in [4.78, 5) is 28.6. The van der Waals surface area contributed by atoms with Gasteiger partial charge in [-0.15, -0.1) is 0 Å². The summed E-state index contributed by atoms with van der Waals surface area (Å²) >= 11 is 0. The maximum atomic E-state index is 12.6. The van der Waals surface area contributed by atoms with Crippen molar-refractivity contribution in [3.05, 3.63) is 29.8 Å². The fraction of sp³-hybridized carbons (Fsp3) is 0.579. The van der Waals surface area contributed by atoms with E-state index in [9.17, 15) is 9.59 Å². The second kappa shape index (κ2) is 7.24. The van der Waals surface area contributed by atoms with Crippen LogP contribution in [0.25, 0.3) is 0 Å². The summed E-state index contributed by atoms with van der Waals surface area (Å²) < 4.78 is 5.60. The van der Waals surface area contributed by atoms with E-state index in [4.69, 9.17) is 4.74 Å². The van der Waals surface area contributed by atoms with E-state index in [-0.39, 0.29) is 23.8 Å². The van der Waals surface area contributed by atoms with Gasteiger partial charge in [0.15, 0.2) is 0 Å². The molecule has 0 atom stereocenters. The third-order valence-corrected chi connectivity index (χ3v) is 4.81. The number of rotatable bonds is 4. The van der Waals surface area contributed by atoms with E-state index in [2.05, 4.69) is 0 Å². The van der Waals surface area contributed by atoms with Crippen LogP contribution in [0.5, 0.6) is 5.75 Å². The molecule has 5 nitrogen and oxygen atoms in total. The molecule has 3 rings (SSSR count). The summed E-state index contributed by atoms with van der Waals surface area (Å²) in [5.74, 6) is 1.32. The third kappa shape index (κ3) is 3.71. The van der Waals surface area contributed by atoms with Crippen LogP contribution in [-0.2, 0) is 4.79 Å². The predicted molar refractivity (Wildman–Crippen MR) is 92.0 cm³/mol. The van der Waals surface area contributed by atoms with Gasteiger partial charge >= 0.3 is 0 Å². The van der Waals surface area contributed by atoms with Gasteiger partial charge in [-0.3, -0.25) is 9.59 Å². The minimum Gasteiger partial charge on any atom is -0.491 e. The van der Waals surface area contributed by atoms with Crippen molar-refractivity contribution in [2.24, 2.45) is 5.92 Å². The van der Waals surface area contributed by atoms with E-state index < -0.39 is 0 Å². The molecule has 130 valence electrons. The highest BCUT2D eigenvalue weighted by Gasteiger charge is 2.32. The molecule has 2 amide bonds. The first-order valence-corrected chi connectivity index (χ1v) is 8.89. The monoisotopic (exact) mass is 330 g/mol. The summed E-state index contributed by atoms with van der Waals surface area (Å²) in [7, 11) is 0. The maximum Gasteiger partial charge on any atom is 0.253 e. The number of piperazine rings is 1. The van der Waals surface area contributed by atoms with Crippen LogP contribution < -0.4 is 4.74 Å². The second-order valence-corrected chi connectivity index (χ2v) is 6.94. The minimum absolute atomic E-state index is 0.0295. The van der Waals surface area contributed by atoms with Gasteiger partial charge in [0, 0.05) is 37.7 Å². The number of benzene rings is 1. The van der Waals surface area contributed by atoms with Crippen LogP contribution >= 0.6 is 0 Å². The standard InChI is InChI=1S/C19H26N2O3/c1-14(2)24-17-8-6-16(7-9-17)19(23)21-12-10-20(11-13-21)18(22)15-4-3-5-15/h6-9,14-15H,3-5,10-13H2,1-2H3. The average molecular weight is 330 g/mol. The summed E-state index contributed by atoms with van der Waals surface area (Å²) in [6.07, 6.45) is 3.35. The highest BCUT2D eigenvalue weighted by atomic mass is 16.5. The number of amides is 2. The van der Waals surface area contributed by atoms with Crippen molar-refractivity contribution < 1.29 is 14.3 Å². The molecule has 0 spiro atoms. The Labute approximate surface area is 143 Å². The first-order valence-electron chi connectivity index (χ1n) is 8.89. The Morgan fingerprint density at radius 2 is 1.58 bits per heavy atom. The molecule has 1 saturated heterocycles. The smallest absolute Gasteiger partial charge is 0.253 e. The van der Waals surface area contributed by atoms with Gasteiger partial charge in [0.1, 0.15) is 5.75 Å². The van der Waals surface area contributed by atoms with Crippen molar-refractivity contribution in [2.45, 2.75) is 39.2 Å². The Kier molecular flexibility index (Phi) is 5.07. The lowest BCUT2D eigenvalue weighted by molar-refractivity contribution is -0.139. The van der Waals surface area contributed by atoms with Crippen molar-refractivity contribution in [2.75, 3.05) is 26.2 Å². The normalized spacial score (nSPS) is 18.5. The topological polar surface area (TPSA) is 49.9 Å².